The van der Waals surface area contributed by atoms with Gasteiger partial charge in [-0.25, -0.2) is 4.79 Å². The van der Waals surface area contributed by atoms with Gasteiger partial charge in [0.15, 0.2) is 0 Å². The van der Waals surface area contributed by atoms with Crippen LogP contribution in [0.4, 0.5) is 5.69 Å². The number of ether oxygens (including phenoxy) is 1. The fourth-order valence-electron chi connectivity index (χ4n) is 3.07. The molecule has 0 radical (unpaired) electrons. The van der Waals surface area contributed by atoms with Crippen LogP contribution in [0.5, 0.6) is 0 Å². The normalized spacial score (nSPS) is 19.5. The minimum atomic E-state index is -0.882. The number of esters is 1. The zero-order valence-electron chi connectivity index (χ0n) is 14.2. The molecular formula is C17H14N4O5S. The van der Waals surface area contributed by atoms with E-state index in [0.717, 1.165) is 0 Å². The first-order valence-corrected chi connectivity index (χ1v) is 8.81. The summed E-state index contributed by atoms with van der Waals surface area (Å²) in [5.41, 5.74) is 6.62. The fourth-order valence-corrected chi connectivity index (χ4v) is 4.19. The third-order valence-corrected chi connectivity index (χ3v) is 5.38. The summed E-state index contributed by atoms with van der Waals surface area (Å²) in [5.74, 6) is -1.56. The molecule has 27 heavy (non-hydrogen) atoms. The molecule has 0 aromatic heterocycles. The van der Waals surface area contributed by atoms with Crippen LogP contribution in [0.2, 0.25) is 0 Å². The lowest BCUT2D eigenvalue weighted by Gasteiger charge is -2.37. The van der Waals surface area contributed by atoms with E-state index in [-0.39, 0.29) is 35.0 Å². The zero-order chi connectivity index (χ0) is 19.7. The molecule has 0 spiro atoms. The van der Waals surface area contributed by atoms with Gasteiger partial charge < -0.3 is 10.5 Å². The maximum Gasteiger partial charge on any atom is 0.338 e. The van der Waals surface area contributed by atoms with Crippen LogP contribution < -0.4 is 5.73 Å². The average molecular weight is 386 g/mol. The molecule has 10 heteroatoms. The lowest BCUT2D eigenvalue weighted by atomic mass is 9.83. The maximum absolute atomic E-state index is 12.4. The van der Waals surface area contributed by atoms with Crippen LogP contribution in [0.15, 0.2) is 46.3 Å². The van der Waals surface area contributed by atoms with Gasteiger partial charge in [-0.3, -0.25) is 19.8 Å². The predicted molar refractivity (Wildman–Crippen MR) is 95.6 cm³/mol. The number of nitrogens with zero attached hydrogens (tertiary/aromatic N) is 3. The van der Waals surface area contributed by atoms with Crippen LogP contribution in [0.3, 0.4) is 0 Å². The number of rotatable bonds is 3. The number of nitriles is 1. The standard InChI is InChI=1S/C17H14N4O5S/c1-26-17(23)14-13(9-2-4-10(5-3-9)21(24)25)11(8-18)16-20(15(14)19)12(22)6-7-27-16/h2-5,13H,6-7,19H2,1H3. The molecule has 138 valence electrons. The summed E-state index contributed by atoms with van der Waals surface area (Å²) in [6.07, 6.45) is 0.226. The minimum absolute atomic E-state index is 0.0393. The van der Waals surface area contributed by atoms with E-state index in [2.05, 4.69) is 6.07 Å². The van der Waals surface area contributed by atoms with Crippen molar-refractivity contribution >= 4 is 29.3 Å². The highest BCUT2D eigenvalue weighted by atomic mass is 32.2. The summed E-state index contributed by atoms with van der Waals surface area (Å²) >= 11 is 1.30. The van der Waals surface area contributed by atoms with Crippen molar-refractivity contribution in [3.63, 3.8) is 0 Å². The van der Waals surface area contributed by atoms with Gasteiger partial charge in [0.2, 0.25) is 5.91 Å². The molecule has 0 bridgehead atoms. The first-order chi connectivity index (χ1) is 12.9. The van der Waals surface area contributed by atoms with E-state index >= 15 is 0 Å². The Kier molecular flexibility index (Phi) is 4.87. The van der Waals surface area contributed by atoms with Crippen molar-refractivity contribution in [3.05, 3.63) is 61.9 Å². The fraction of sp³-hybridized carbons (Fsp3) is 0.235. The number of nitro groups is 1. The summed E-state index contributed by atoms with van der Waals surface area (Å²) in [4.78, 5) is 36.3. The van der Waals surface area contributed by atoms with Crippen molar-refractivity contribution in [3.8, 4) is 6.07 Å². The first kappa shape index (κ1) is 18.5. The number of allylic oxidation sites excluding steroid dienone is 1. The second kappa shape index (κ2) is 7.13. The van der Waals surface area contributed by atoms with Gasteiger partial charge in [0, 0.05) is 24.3 Å². The van der Waals surface area contributed by atoms with Gasteiger partial charge in [0.25, 0.3) is 5.69 Å². The third kappa shape index (κ3) is 3.02. The number of benzene rings is 1. The van der Waals surface area contributed by atoms with Gasteiger partial charge in [-0.1, -0.05) is 12.1 Å². The number of non-ortho nitro benzene ring substituents is 1. The van der Waals surface area contributed by atoms with E-state index in [4.69, 9.17) is 10.5 Å². The monoisotopic (exact) mass is 386 g/mol. The molecule has 1 aromatic carbocycles. The molecule has 3 rings (SSSR count). The highest BCUT2D eigenvalue weighted by Crippen LogP contribution is 2.46. The number of hydrogen-bond donors (Lipinski definition) is 1. The van der Waals surface area contributed by atoms with Gasteiger partial charge in [-0.15, -0.1) is 11.8 Å². The molecule has 2 heterocycles. The number of methoxy groups -OCH3 is 1. The van der Waals surface area contributed by atoms with E-state index in [1.165, 1.54) is 48.0 Å². The highest BCUT2D eigenvalue weighted by molar-refractivity contribution is 8.03. The average Bonchev–Trinajstić information content (AvgIpc) is 2.67. The smallest absolute Gasteiger partial charge is 0.338 e. The Hall–Kier alpha value is -3.32. The van der Waals surface area contributed by atoms with Crippen molar-refractivity contribution in [2.24, 2.45) is 5.73 Å². The van der Waals surface area contributed by atoms with Crippen LogP contribution in [0, 0.1) is 21.4 Å². The predicted octanol–water partition coefficient (Wildman–Crippen LogP) is 1.74. The summed E-state index contributed by atoms with van der Waals surface area (Å²) in [6, 6.07) is 7.56. The molecule has 0 saturated carbocycles. The lowest BCUT2D eigenvalue weighted by molar-refractivity contribution is -0.384. The van der Waals surface area contributed by atoms with Crippen molar-refractivity contribution in [2.45, 2.75) is 12.3 Å². The molecule has 9 nitrogen and oxygen atoms in total. The SMILES string of the molecule is COC(=O)C1=C(N)N2C(=O)CCSC2=C(C#N)C1c1ccc([N+](=O)[O-])cc1. The molecule has 0 aliphatic carbocycles. The van der Waals surface area contributed by atoms with Gasteiger partial charge in [0.1, 0.15) is 5.82 Å². The molecule has 1 atom stereocenters. The summed E-state index contributed by atoms with van der Waals surface area (Å²) in [5, 5.41) is 21.0. The molecule has 2 N–H and O–H groups in total. The Morgan fingerprint density at radius 3 is 2.67 bits per heavy atom. The van der Waals surface area contributed by atoms with Crippen LogP contribution in [-0.2, 0) is 14.3 Å². The Bertz CT molecular complexity index is 945. The number of fused-ring (bicyclic) bond motifs is 1. The molecule has 1 fully saturated rings. The molecule has 1 amide bonds. The van der Waals surface area contributed by atoms with Gasteiger partial charge in [0.05, 0.1) is 40.2 Å². The number of nitrogens with two attached hydrogens (primary N) is 1. The Morgan fingerprint density at radius 2 is 2.11 bits per heavy atom. The molecule has 1 unspecified atom stereocenters. The van der Waals surface area contributed by atoms with E-state index in [1.54, 1.807) is 0 Å². The van der Waals surface area contributed by atoms with Gasteiger partial charge >= 0.3 is 5.97 Å². The van der Waals surface area contributed by atoms with Gasteiger partial charge in [-0.2, -0.15) is 5.26 Å². The van der Waals surface area contributed by atoms with Crippen LogP contribution in [-0.4, -0.2) is 34.6 Å². The number of nitro benzene ring substituents is 1. The molecular weight excluding hydrogens is 372 g/mol. The number of hydrogen-bond acceptors (Lipinski definition) is 8. The Morgan fingerprint density at radius 1 is 1.44 bits per heavy atom. The van der Waals surface area contributed by atoms with Crippen molar-refractivity contribution in [1.82, 2.24) is 4.90 Å². The van der Waals surface area contributed by atoms with E-state index in [0.29, 0.717) is 16.3 Å². The van der Waals surface area contributed by atoms with Crippen LogP contribution >= 0.6 is 11.8 Å². The second-order valence-electron chi connectivity index (χ2n) is 5.73. The van der Waals surface area contributed by atoms with Crippen molar-refractivity contribution in [2.75, 3.05) is 12.9 Å². The second-order valence-corrected chi connectivity index (χ2v) is 6.81. The van der Waals surface area contributed by atoms with Gasteiger partial charge in [-0.05, 0) is 5.56 Å². The largest absolute Gasteiger partial charge is 0.466 e. The van der Waals surface area contributed by atoms with E-state index in [1.807, 2.05) is 0 Å². The molecule has 1 aromatic rings. The van der Waals surface area contributed by atoms with Crippen LogP contribution in [0.25, 0.3) is 0 Å². The van der Waals surface area contributed by atoms with E-state index in [9.17, 15) is 25.0 Å². The Balaban J connectivity index is 2.23. The third-order valence-electron chi connectivity index (χ3n) is 4.29. The number of carbonyl (C=O) groups excluding carboxylic acids is 2. The lowest BCUT2D eigenvalue weighted by Crippen LogP contribution is -2.42. The molecule has 2 aliphatic rings. The molecule has 2 aliphatic heterocycles. The van der Waals surface area contributed by atoms with E-state index < -0.39 is 16.8 Å². The van der Waals surface area contributed by atoms with Crippen molar-refractivity contribution < 1.29 is 19.2 Å². The summed E-state index contributed by atoms with van der Waals surface area (Å²) < 4.78 is 4.82. The zero-order valence-corrected chi connectivity index (χ0v) is 15.0. The summed E-state index contributed by atoms with van der Waals surface area (Å²) in [7, 11) is 1.17. The van der Waals surface area contributed by atoms with Crippen LogP contribution in [0.1, 0.15) is 17.9 Å². The molecule has 1 saturated heterocycles. The Labute approximate surface area is 158 Å². The quantitative estimate of drug-likeness (QED) is 0.470. The highest BCUT2D eigenvalue weighted by Gasteiger charge is 2.42. The number of amides is 1. The number of carbonyl (C=O) groups is 2. The minimum Gasteiger partial charge on any atom is -0.466 e. The first-order valence-electron chi connectivity index (χ1n) is 7.83. The maximum atomic E-state index is 12.4. The number of thioether (sulfide) groups is 1. The van der Waals surface area contributed by atoms with Crippen molar-refractivity contribution in [1.29, 1.82) is 5.26 Å². The summed E-state index contributed by atoms with van der Waals surface area (Å²) in [6.45, 7) is 0. The topological polar surface area (TPSA) is 140 Å².